The minimum absolute atomic E-state index is 0.292. The molecule has 0 radical (unpaired) electrons. The van der Waals surface area contributed by atoms with Crippen LogP contribution in [0.25, 0.3) is 0 Å². The lowest BCUT2D eigenvalue weighted by atomic mass is 9.85. The molecule has 112 valence electrons. The van der Waals surface area contributed by atoms with E-state index in [1.54, 1.807) is 14.0 Å². The van der Waals surface area contributed by atoms with Crippen molar-refractivity contribution in [2.75, 3.05) is 7.11 Å². The van der Waals surface area contributed by atoms with Crippen molar-refractivity contribution < 1.29 is 14.6 Å². The van der Waals surface area contributed by atoms with Crippen LogP contribution < -0.4 is 9.47 Å². The first kappa shape index (κ1) is 15.2. The van der Waals surface area contributed by atoms with Crippen LogP contribution in [0.2, 0.25) is 0 Å². The van der Waals surface area contributed by atoms with Gasteiger partial charge in [0.25, 0.3) is 0 Å². The summed E-state index contributed by atoms with van der Waals surface area (Å²) in [6.45, 7) is 3.99. The number of ether oxygens (including phenoxy) is 2. The molecule has 0 saturated heterocycles. The van der Waals surface area contributed by atoms with Crippen LogP contribution in [-0.4, -0.2) is 18.3 Å². The fourth-order valence-corrected chi connectivity index (χ4v) is 3.00. The highest BCUT2D eigenvalue weighted by Crippen LogP contribution is 2.35. The topological polar surface area (TPSA) is 38.7 Å². The van der Waals surface area contributed by atoms with E-state index in [9.17, 15) is 5.11 Å². The van der Waals surface area contributed by atoms with Crippen LogP contribution in [0, 0.1) is 5.92 Å². The van der Waals surface area contributed by atoms with Crippen LogP contribution in [0.1, 0.15) is 57.6 Å². The van der Waals surface area contributed by atoms with Crippen LogP contribution in [-0.2, 0) is 0 Å². The van der Waals surface area contributed by atoms with Crippen LogP contribution in [0.15, 0.2) is 18.2 Å². The van der Waals surface area contributed by atoms with Gasteiger partial charge < -0.3 is 14.6 Å². The predicted octanol–water partition coefficient (Wildman–Crippen LogP) is 4.10. The largest absolute Gasteiger partial charge is 0.493 e. The summed E-state index contributed by atoms with van der Waals surface area (Å²) >= 11 is 0. The van der Waals surface area contributed by atoms with Gasteiger partial charge in [-0.15, -0.1) is 0 Å². The first-order chi connectivity index (χ1) is 9.65. The van der Waals surface area contributed by atoms with Crippen molar-refractivity contribution in [2.24, 2.45) is 5.92 Å². The molecule has 0 aliphatic heterocycles. The van der Waals surface area contributed by atoms with Crippen molar-refractivity contribution in [2.45, 2.75) is 58.2 Å². The normalized spacial score (nSPS) is 24.2. The second-order valence-electron chi connectivity index (χ2n) is 5.70. The summed E-state index contributed by atoms with van der Waals surface area (Å²) in [6, 6.07) is 5.69. The maximum absolute atomic E-state index is 9.64. The van der Waals surface area contributed by atoms with Crippen LogP contribution >= 0.6 is 0 Å². The molecule has 1 aromatic rings. The minimum atomic E-state index is -0.490. The van der Waals surface area contributed by atoms with Crippen molar-refractivity contribution in [3.8, 4) is 11.5 Å². The highest BCUT2D eigenvalue weighted by molar-refractivity contribution is 5.43. The van der Waals surface area contributed by atoms with Gasteiger partial charge in [-0.25, -0.2) is 0 Å². The lowest BCUT2D eigenvalue weighted by Gasteiger charge is -2.31. The van der Waals surface area contributed by atoms with Gasteiger partial charge in [0.15, 0.2) is 11.5 Å². The Labute approximate surface area is 121 Å². The molecule has 3 atom stereocenters. The molecule has 2 unspecified atom stereocenters. The Bertz CT molecular complexity index is 428. The SMILES string of the molecule is CCC1CCCCC1Oc1ccc([C@@H](C)O)cc1OC. The van der Waals surface area contributed by atoms with E-state index in [-0.39, 0.29) is 0 Å². The minimum Gasteiger partial charge on any atom is -0.493 e. The third kappa shape index (κ3) is 3.45. The fourth-order valence-electron chi connectivity index (χ4n) is 3.00. The van der Waals surface area contributed by atoms with Crippen molar-refractivity contribution in [1.82, 2.24) is 0 Å². The zero-order valence-corrected chi connectivity index (χ0v) is 12.8. The molecule has 2 rings (SSSR count). The van der Waals surface area contributed by atoms with E-state index in [0.29, 0.717) is 17.8 Å². The van der Waals surface area contributed by atoms with Crippen LogP contribution in [0.4, 0.5) is 0 Å². The summed E-state index contributed by atoms with van der Waals surface area (Å²) in [7, 11) is 1.65. The molecule has 0 spiro atoms. The molecule has 1 aliphatic carbocycles. The molecule has 1 aliphatic rings. The van der Waals surface area contributed by atoms with Gasteiger partial charge in [0.05, 0.1) is 13.2 Å². The summed E-state index contributed by atoms with van der Waals surface area (Å²) in [5, 5.41) is 9.64. The number of methoxy groups -OCH3 is 1. The Kier molecular flexibility index (Phi) is 5.30. The quantitative estimate of drug-likeness (QED) is 0.881. The summed E-state index contributed by atoms with van der Waals surface area (Å²) in [5.74, 6) is 2.15. The van der Waals surface area contributed by atoms with E-state index >= 15 is 0 Å². The van der Waals surface area contributed by atoms with E-state index in [4.69, 9.17) is 9.47 Å². The monoisotopic (exact) mass is 278 g/mol. The highest BCUT2D eigenvalue weighted by Gasteiger charge is 2.26. The van der Waals surface area contributed by atoms with E-state index < -0.39 is 6.10 Å². The van der Waals surface area contributed by atoms with Crippen molar-refractivity contribution in [3.63, 3.8) is 0 Å². The zero-order chi connectivity index (χ0) is 14.5. The molecule has 1 saturated carbocycles. The molecule has 1 fully saturated rings. The van der Waals surface area contributed by atoms with Crippen molar-refractivity contribution in [1.29, 1.82) is 0 Å². The number of aliphatic hydroxyl groups excluding tert-OH is 1. The van der Waals surface area contributed by atoms with E-state index in [1.807, 2.05) is 18.2 Å². The first-order valence-corrected chi connectivity index (χ1v) is 7.68. The summed E-state index contributed by atoms with van der Waals surface area (Å²) < 4.78 is 11.6. The molecular formula is C17H26O3. The maximum atomic E-state index is 9.64. The zero-order valence-electron chi connectivity index (χ0n) is 12.8. The molecule has 0 heterocycles. The maximum Gasteiger partial charge on any atom is 0.161 e. The van der Waals surface area contributed by atoms with E-state index in [2.05, 4.69) is 6.92 Å². The highest BCUT2D eigenvalue weighted by atomic mass is 16.5. The van der Waals surface area contributed by atoms with Gasteiger partial charge in [-0.2, -0.15) is 0 Å². The van der Waals surface area contributed by atoms with Gasteiger partial charge >= 0.3 is 0 Å². The number of benzene rings is 1. The van der Waals surface area contributed by atoms with Gasteiger partial charge in [0, 0.05) is 0 Å². The smallest absolute Gasteiger partial charge is 0.161 e. The third-order valence-corrected chi connectivity index (χ3v) is 4.31. The van der Waals surface area contributed by atoms with Gasteiger partial charge in [-0.05, 0) is 56.2 Å². The molecule has 1 N–H and O–H groups in total. The van der Waals surface area contributed by atoms with Gasteiger partial charge in [0.1, 0.15) is 6.10 Å². The molecule has 0 aromatic heterocycles. The lowest BCUT2D eigenvalue weighted by Crippen LogP contribution is -2.30. The van der Waals surface area contributed by atoms with Crippen molar-refractivity contribution >= 4 is 0 Å². The molecule has 0 bridgehead atoms. The molecule has 3 heteroatoms. The Morgan fingerprint density at radius 2 is 2.00 bits per heavy atom. The Hall–Kier alpha value is -1.22. The fraction of sp³-hybridized carbons (Fsp3) is 0.647. The number of hydrogen-bond acceptors (Lipinski definition) is 3. The van der Waals surface area contributed by atoms with E-state index in [1.165, 1.54) is 25.7 Å². The number of rotatable bonds is 5. The Morgan fingerprint density at radius 3 is 2.65 bits per heavy atom. The molecule has 0 amide bonds. The molecule has 3 nitrogen and oxygen atoms in total. The Balaban J connectivity index is 2.15. The summed E-state index contributed by atoms with van der Waals surface area (Å²) in [5.41, 5.74) is 0.852. The lowest BCUT2D eigenvalue weighted by molar-refractivity contribution is 0.0872. The molecule has 1 aromatic carbocycles. The average Bonchev–Trinajstić information content (AvgIpc) is 2.48. The molecule has 20 heavy (non-hydrogen) atoms. The number of hydrogen-bond donors (Lipinski definition) is 1. The van der Waals surface area contributed by atoms with Gasteiger partial charge in [-0.3, -0.25) is 0 Å². The Morgan fingerprint density at radius 1 is 1.25 bits per heavy atom. The van der Waals surface area contributed by atoms with Gasteiger partial charge in [-0.1, -0.05) is 19.4 Å². The first-order valence-electron chi connectivity index (χ1n) is 7.68. The van der Waals surface area contributed by atoms with E-state index in [0.717, 1.165) is 17.7 Å². The second kappa shape index (κ2) is 6.98. The van der Waals surface area contributed by atoms with Crippen molar-refractivity contribution in [3.05, 3.63) is 23.8 Å². The van der Waals surface area contributed by atoms with Crippen LogP contribution in [0.5, 0.6) is 11.5 Å². The standard InChI is InChI=1S/C17H26O3/c1-4-13-7-5-6-8-15(13)20-16-10-9-14(12(2)18)11-17(16)19-3/h9-13,15,18H,4-8H2,1-3H3/t12-,13?,15?/m1/s1. The van der Waals surface area contributed by atoms with Gasteiger partial charge in [0.2, 0.25) is 0 Å². The summed E-state index contributed by atoms with van der Waals surface area (Å²) in [6.07, 6.45) is 5.91. The van der Waals surface area contributed by atoms with Crippen LogP contribution in [0.3, 0.4) is 0 Å². The summed E-state index contributed by atoms with van der Waals surface area (Å²) in [4.78, 5) is 0. The third-order valence-electron chi connectivity index (χ3n) is 4.31. The second-order valence-corrected chi connectivity index (χ2v) is 5.70. The number of aliphatic hydroxyl groups is 1. The molecular weight excluding hydrogens is 252 g/mol. The predicted molar refractivity (Wildman–Crippen MR) is 80.3 cm³/mol. The average molecular weight is 278 g/mol.